The molecule has 0 aromatic heterocycles. The lowest BCUT2D eigenvalue weighted by Crippen LogP contribution is -2.18. The van der Waals surface area contributed by atoms with Gasteiger partial charge >= 0.3 is 5.97 Å². The Kier molecular flexibility index (Phi) is 5.01. The van der Waals surface area contributed by atoms with Crippen molar-refractivity contribution >= 4 is 5.97 Å². The first-order valence-electron chi connectivity index (χ1n) is 5.75. The zero-order valence-corrected chi connectivity index (χ0v) is 10.5. The van der Waals surface area contributed by atoms with Gasteiger partial charge in [0.2, 0.25) is 0 Å². The van der Waals surface area contributed by atoms with Crippen LogP contribution >= 0.6 is 0 Å². The molecule has 0 saturated carbocycles. The third kappa shape index (κ3) is 3.39. The molecule has 0 heterocycles. The number of rotatable bonds is 5. The Bertz CT molecular complexity index is 443. The van der Waals surface area contributed by atoms with Gasteiger partial charge in [-0.25, -0.2) is 13.6 Å². The molecule has 4 heteroatoms. The minimum Gasteiger partial charge on any atom is -0.459 e. The lowest BCUT2D eigenvalue weighted by atomic mass is 10.0. The van der Waals surface area contributed by atoms with E-state index >= 15 is 0 Å². The van der Waals surface area contributed by atoms with E-state index in [1.165, 1.54) is 18.2 Å². The number of carbonyl (C=O) groups excluding carboxylic acids is 1. The van der Waals surface area contributed by atoms with Gasteiger partial charge in [0.15, 0.2) is 6.17 Å². The van der Waals surface area contributed by atoms with E-state index in [1.54, 1.807) is 6.92 Å². The quantitative estimate of drug-likeness (QED) is 0.591. The highest BCUT2D eigenvalue weighted by molar-refractivity contribution is 5.89. The Morgan fingerprint density at radius 1 is 1.44 bits per heavy atom. The van der Waals surface area contributed by atoms with E-state index in [0.717, 1.165) is 6.07 Å². The van der Waals surface area contributed by atoms with Crippen LogP contribution in [0.15, 0.2) is 36.4 Å². The van der Waals surface area contributed by atoms with E-state index in [0.29, 0.717) is 6.42 Å². The largest absolute Gasteiger partial charge is 0.459 e. The lowest BCUT2D eigenvalue weighted by molar-refractivity contribution is -0.144. The molecule has 1 aromatic rings. The molecular weight excluding hydrogens is 238 g/mol. The minimum atomic E-state index is -1.89. The van der Waals surface area contributed by atoms with Crippen LogP contribution in [0, 0.1) is 5.82 Å². The molecule has 0 aliphatic carbocycles. The van der Waals surface area contributed by atoms with E-state index in [9.17, 15) is 13.6 Å². The standard InChI is InChI=1S/C14H16F2O2/c1-4-9(2)18-14(17)10(3)13(16)11-7-5-6-8-12(11)15/h5-9,13H,3-4H2,1-2H3. The first kappa shape index (κ1) is 14.4. The molecule has 2 nitrogen and oxygen atoms in total. The zero-order chi connectivity index (χ0) is 13.7. The summed E-state index contributed by atoms with van der Waals surface area (Å²) in [5.41, 5.74) is -0.594. The summed E-state index contributed by atoms with van der Waals surface area (Å²) in [6, 6.07) is 5.36. The number of benzene rings is 1. The number of esters is 1. The molecule has 0 saturated heterocycles. The highest BCUT2D eigenvalue weighted by Crippen LogP contribution is 2.27. The summed E-state index contributed by atoms with van der Waals surface area (Å²) in [6.07, 6.45) is -1.58. The van der Waals surface area contributed by atoms with Gasteiger partial charge in [-0.1, -0.05) is 31.7 Å². The minimum absolute atomic E-state index is 0.205. The molecular formula is C14H16F2O2. The molecule has 1 rings (SSSR count). The van der Waals surface area contributed by atoms with E-state index in [2.05, 4.69) is 6.58 Å². The number of hydrogen-bond acceptors (Lipinski definition) is 2. The van der Waals surface area contributed by atoms with Gasteiger partial charge < -0.3 is 4.74 Å². The second kappa shape index (κ2) is 6.28. The van der Waals surface area contributed by atoms with E-state index in [-0.39, 0.29) is 17.2 Å². The fourth-order valence-corrected chi connectivity index (χ4v) is 1.31. The smallest absolute Gasteiger partial charge is 0.336 e. The summed E-state index contributed by atoms with van der Waals surface area (Å²) in [5, 5.41) is 0. The van der Waals surface area contributed by atoms with Gasteiger partial charge in [0, 0.05) is 5.56 Å². The molecule has 2 atom stereocenters. The topological polar surface area (TPSA) is 26.3 Å². The van der Waals surface area contributed by atoms with Crippen molar-refractivity contribution in [2.75, 3.05) is 0 Å². The summed E-state index contributed by atoms with van der Waals surface area (Å²) in [4.78, 5) is 11.6. The van der Waals surface area contributed by atoms with Crippen LogP contribution in [0.1, 0.15) is 32.0 Å². The molecule has 0 radical (unpaired) electrons. The molecule has 0 bridgehead atoms. The molecule has 0 spiro atoms. The third-order valence-corrected chi connectivity index (χ3v) is 2.63. The molecule has 0 fully saturated rings. The Morgan fingerprint density at radius 3 is 2.61 bits per heavy atom. The molecule has 0 aliphatic heterocycles. The van der Waals surface area contributed by atoms with Crippen molar-refractivity contribution in [3.8, 4) is 0 Å². The maximum Gasteiger partial charge on any atom is 0.336 e. The Hall–Kier alpha value is -1.71. The van der Waals surface area contributed by atoms with Crippen molar-refractivity contribution in [2.45, 2.75) is 32.5 Å². The molecule has 0 aliphatic rings. The molecule has 18 heavy (non-hydrogen) atoms. The number of hydrogen-bond donors (Lipinski definition) is 0. The Balaban J connectivity index is 2.79. The van der Waals surface area contributed by atoms with Crippen LogP contribution in [0.4, 0.5) is 8.78 Å². The van der Waals surface area contributed by atoms with Crippen LogP contribution in [0.2, 0.25) is 0 Å². The first-order chi connectivity index (χ1) is 8.47. The maximum absolute atomic E-state index is 14.0. The lowest BCUT2D eigenvalue weighted by Gasteiger charge is -2.15. The Labute approximate surface area is 105 Å². The molecule has 0 amide bonds. The van der Waals surface area contributed by atoms with E-state index in [4.69, 9.17) is 4.74 Å². The van der Waals surface area contributed by atoms with Crippen LogP contribution in [-0.2, 0) is 9.53 Å². The number of alkyl halides is 1. The monoisotopic (exact) mass is 254 g/mol. The van der Waals surface area contributed by atoms with Gasteiger partial charge in [0.05, 0.1) is 11.7 Å². The molecule has 2 unspecified atom stereocenters. The van der Waals surface area contributed by atoms with Crippen molar-refractivity contribution in [3.63, 3.8) is 0 Å². The van der Waals surface area contributed by atoms with E-state index in [1.807, 2.05) is 6.92 Å². The Morgan fingerprint density at radius 2 is 2.06 bits per heavy atom. The SMILES string of the molecule is C=C(C(=O)OC(C)CC)C(F)c1ccccc1F. The molecule has 0 N–H and O–H groups in total. The maximum atomic E-state index is 14.0. The summed E-state index contributed by atoms with van der Waals surface area (Å²) in [6.45, 7) is 6.88. The van der Waals surface area contributed by atoms with Crippen molar-refractivity contribution < 1.29 is 18.3 Å². The summed E-state index contributed by atoms with van der Waals surface area (Å²) in [7, 11) is 0. The van der Waals surface area contributed by atoms with Gasteiger partial charge in [-0.2, -0.15) is 0 Å². The third-order valence-electron chi connectivity index (χ3n) is 2.63. The second-order valence-corrected chi connectivity index (χ2v) is 4.03. The van der Waals surface area contributed by atoms with Crippen LogP contribution < -0.4 is 0 Å². The van der Waals surface area contributed by atoms with Crippen molar-refractivity contribution in [1.29, 1.82) is 0 Å². The van der Waals surface area contributed by atoms with E-state index < -0.39 is 18.0 Å². The average Bonchev–Trinajstić information content (AvgIpc) is 2.37. The first-order valence-corrected chi connectivity index (χ1v) is 5.75. The number of carbonyl (C=O) groups is 1. The number of halogens is 2. The average molecular weight is 254 g/mol. The van der Waals surface area contributed by atoms with Crippen molar-refractivity contribution in [2.24, 2.45) is 0 Å². The fraction of sp³-hybridized carbons (Fsp3) is 0.357. The highest BCUT2D eigenvalue weighted by Gasteiger charge is 2.24. The van der Waals surface area contributed by atoms with Crippen molar-refractivity contribution in [1.82, 2.24) is 0 Å². The van der Waals surface area contributed by atoms with Crippen molar-refractivity contribution in [3.05, 3.63) is 47.8 Å². The predicted molar refractivity (Wildman–Crippen MR) is 65.2 cm³/mol. The zero-order valence-electron chi connectivity index (χ0n) is 10.5. The summed E-state index contributed by atoms with van der Waals surface area (Å²) < 4.78 is 32.3. The molecule has 98 valence electrons. The normalized spacial score (nSPS) is 13.8. The van der Waals surface area contributed by atoms with Gasteiger partial charge in [0.25, 0.3) is 0 Å². The predicted octanol–water partition coefficient (Wildman–Crippen LogP) is 3.73. The summed E-state index contributed by atoms with van der Waals surface area (Å²) in [5.74, 6) is -1.54. The van der Waals surface area contributed by atoms with Gasteiger partial charge in [-0.3, -0.25) is 0 Å². The number of ether oxygens (including phenoxy) is 1. The summed E-state index contributed by atoms with van der Waals surface area (Å²) >= 11 is 0. The van der Waals surface area contributed by atoms with Gasteiger partial charge in [-0.15, -0.1) is 0 Å². The van der Waals surface area contributed by atoms with Crippen LogP contribution in [0.3, 0.4) is 0 Å². The van der Waals surface area contributed by atoms with Gasteiger partial charge in [-0.05, 0) is 19.4 Å². The highest BCUT2D eigenvalue weighted by atomic mass is 19.1. The fourth-order valence-electron chi connectivity index (χ4n) is 1.31. The second-order valence-electron chi connectivity index (χ2n) is 4.03. The van der Waals surface area contributed by atoms with Crippen LogP contribution in [0.5, 0.6) is 0 Å². The van der Waals surface area contributed by atoms with Crippen LogP contribution in [-0.4, -0.2) is 12.1 Å². The molecule has 1 aromatic carbocycles. The van der Waals surface area contributed by atoms with Gasteiger partial charge in [0.1, 0.15) is 5.82 Å². The van der Waals surface area contributed by atoms with Crippen LogP contribution in [0.25, 0.3) is 0 Å².